The SMILES string of the molecule is O=S(=O)(Nc1cccc(CCCBr)c1)N1CCCCC1. The number of alkyl halides is 1. The lowest BCUT2D eigenvalue weighted by Crippen LogP contribution is -2.39. The lowest BCUT2D eigenvalue weighted by atomic mass is 10.1. The predicted molar refractivity (Wildman–Crippen MR) is 86.5 cm³/mol. The second kappa shape index (κ2) is 7.43. The monoisotopic (exact) mass is 360 g/mol. The second-order valence-corrected chi connectivity index (χ2v) is 7.52. The van der Waals surface area contributed by atoms with E-state index in [1.807, 2.05) is 18.2 Å². The van der Waals surface area contributed by atoms with E-state index in [1.165, 1.54) is 0 Å². The number of nitrogens with zero attached hydrogens (tertiary/aromatic N) is 1. The van der Waals surface area contributed by atoms with Crippen LogP contribution in [0.1, 0.15) is 31.2 Å². The maximum absolute atomic E-state index is 12.3. The minimum atomic E-state index is -3.40. The molecule has 1 aromatic rings. The smallest absolute Gasteiger partial charge is 0.271 e. The van der Waals surface area contributed by atoms with Crippen LogP contribution < -0.4 is 4.72 Å². The second-order valence-electron chi connectivity index (χ2n) is 5.06. The fourth-order valence-electron chi connectivity index (χ4n) is 2.38. The quantitative estimate of drug-likeness (QED) is 0.792. The highest BCUT2D eigenvalue weighted by molar-refractivity contribution is 9.09. The van der Waals surface area contributed by atoms with Crippen LogP contribution in [0.4, 0.5) is 5.69 Å². The summed E-state index contributed by atoms with van der Waals surface area (Å²) in [7, 11) is -3.40. The van der Waals surface area contributed by atoms with Crippen LogP contribution >= 0.6 is 15.9 Å². The number of rotatable bonds is 6. The van der Waals surface area contributed by atoms with E-state index in [0.717, 1.165) is 43.0 Å². The number of halogens is 1. The normalized spacial score (nSPS) is 17.1. The Morgan fingerprint density at radius 3 is 2.65 bits per heavy atom. The van der Waals surface area contributed by atoms with Crippen LogP contribution in [0.25, 0.3) is 0 Å². The van der Waals surface area contributed by atoms with E-state index in [1.54, 1.807) is 10.4 Å². The summed E-state index contributed by atoms with van der Waals surface area (Å²) in [5.74, 6) is 0. The van der Waals surface area contributed by atoms with Gasteiger partial charge >= 0.3 is 10.2 Å². The highest BCUT2D eigenvalue weighted by Crippen LogP contribution is 2.18. The van der Waals surface area contributed by atoms with E-state index in [4.69, 9.17) is 0 Å². The molecule has 0 bridgehead atoms. The van der Waals surface area contributed by atoms with Crippen molar-refractivity contribution in [2.75, 3.05) is 23.1 Å². The van der Waals surface area contributed by atoms with Crippen molar-refractivity contribution in [3.05, 3.63) is 29.8 Å². The molecular formula is C14H21BrN2O2S. The minimum Gasteiger partial charge on any atom is -0.271 e. The first-order chi connectivity index (χ1) is 9.62. The van der Waals surface area contributed by atoms with E-state index >= 15 is 0 Å². The molecule has 4 nitrogen and oxygen atoms in total. The van der Waals surface area contributed by atoms with Gasteiger partial charge in [-0.05, 0) is 43.4 Å². The maximum atomic E-state index is 12.3. The Kier molecular flexibility index (Phi) is 5.86. The van der Waals surface area contributed by atoms with Crippen molar-refractivity contribution in [3.8, 4) is 0 Å². The first-order valence-electron chi connectivity index (χ1n) is 7.04. The molecule has 1 heterocycles. The zero-order chi connectivity index (χ0) is 14.4. The van der Waals surface area contributed by atoms with Crippen LogP contribution in [-0.4, -0.2) is 31.1 Å². The van der Waals surface area contributed by atoms with Crippen molar-refractivity contribution >= 4 is 31.8 Å². The molecule has 2 rings (SSSR count). The first-order valence-corrected chi connectivity index (χ1v) is 9.61. The first kappa shape index (κ1) is 15.8. The Bertz CT molecular complexity index is 528. The van der Waals surface area contributed by atoms with Crippen molar-refractivity contribution < 1.29 is 8.42 Å². The Labute approximate surface area is 129 Å². The van der Waals surface area contributed by atoms with Gasteiger partial charge in [0.15, 0.2) is 0 Å². The number of aryl methyl sites for hydroxylation is 1. The third kappa shape index (κ3) is 4.46. The minimum absolute atomic E-state index is 0.624. The van der Waals surface area contributed by atoms with E-state index in [-0.39, 0.29) is 0 Å². The summed E-state index contributed by atoms with van der Waals surface area (Å²) in [6.45, 7) is 1.25. The standard InChI is InChI=1S/C14H21BrN2O2S/c15-9-5-7-13-6-4-8-14(12-13)16-20(18,19)17-10-2-1-3-11-17/h4,6,8,12,16H,1-3,5,7,9-11H2. The van der Waals surface area contributed by atoms with E-state index in [2.05, 4.69) is 20.7 Å². The molecule has 0 spiro atoms. The van der Waals surface area contributed by atoms with Crippen molar-refractivity contribution in [2.24, 2.45) is 0 Å². The van der Waals surface area contributed by atoms with Gasteiger partial charge in [0, 0.05) is 18.4 Å². The number of nitrogens with one attached hydrogen (secondary N) is 1. The largest absolute Gasteiger partial charge is 0.301 e. The van der Waals surface area contributed by atoms with Crippen molar-refractivity contribution in [1.29, 1.82) is 0 Å². The van der Waals surface area contributed by atoms with Crippen LogP contribution in [0.3, 0.4) is 0 Å². The molecule has 1 fully saturated rings. The summed E-state index contributed by atoms with van der Waals surface area (Å²) < 4.78 is 28.8. The van der Waals surface area contributed by atoms with E-state index in [9.17, 15) is 8.42 Å². The molecular weight excluding hydrogens is 340 g/mol. The fourth-order valence-corrected chi connectivity index (χ4v) is 3.95. The van der Waals surface area contributed by atoms with Gasteiger partial charge in [0.05, 0.1) is 5.69 Å². The lowest BCUT2D eigenvalue weighted by Gasteiger charge is -2.26. The summed E-state index contributed by atoms with van der Waals surface area (Å²) in [5, 5.41) is 0.955. The number of benzene rings is 1. The number of hydrogen-bond acceptors (Lipinski definition) is 2. The number of piperidine rings is 1. The summed E-state index contributed by atoms with van der Waals surface area (Å²) in [6, 6.07) is 7.66. The van der Waals surface area contributed by atoms with Crippen LogP contribution in [0.5, 0.6) is 0 Å². The van der Waals surface area contributed by atoms with E-state index < -0.39 is 10.2 Å². The molecule has 0 aromatic heterocycles. The molecule has 1 aromatic carbocycles. The van der Waals surface area contributed by atoms with Gasteiger partial charge in [0.1, 0.15) is 0 Å². The Morgan fingerprint density at radius 2 is 1.95 bits per heavy atom. The molecule has 6 heteroatoms. The molecule has 20 heavy (non-hydrogen) atoms. The third-order valence-corrected chi connectivity index (χ3v) is 5.53. The van der Waals surface area contributed by atoms with Gasteiger partial charge < -0.3 is 0 Å². The summed E-state index contributed by atoms with van der Waals surface area (Å²) in [4.78, 5) is 0. The van der Waals surface area contributed by atoms with Gasteiger partial charge in [-0.3, -0.25) is 4.72 Å². The number of anilines is 1. The molecule has 0 saturated carbocycles. The maximum Gasteiger partial charge on any atom is 0.301 e. The topological polar surface area (TPSA) is 49.4 Å². The zero-order valence-corrected chi connectivity index (χ0v) is 13.9. The lowest BCUT2D eigenvalue weighted by molar-refractivity contribution is 0.349. The third-order valence-electron chi connectivity index (χ3n) is 3.43. The van der Waals surface area contributed by atoms with Gasteiger partial charge in [-0.25, -0.2) is 0 Å². The molecule has 0 radical (unpaired) electrons. The van der Waals surface area contributed by atoms with Gasteiger partial charge in [-0.2, -0.15) is 12.7 Å². The van der Waals surface area contributed by atoms with E-state index in [0.29, 0.717) is 18.8 Å². The van der Waals surface area contributed by atoms with Gasteiger partial charge in [-0.1, -0.05) is 34.5 Å². The van der Waals surface area contributed by atoms with Crippen LogP contribution in [0.2, 0.25) is 0 Å². The zero-order valence-electron chi connectivity index (χ0n) is 11.5. The highest BCUT2D eigenvalue weighted by atomic mass is 79.9. The highest BCUT2D eigenvalue weighted by Gasteiger charge is 2.23. The van der Waals surface area contributed by atoms with Crippen LogP contribution in [-0.2, 0) is 16.6 Å². The summed E-state index contributed by atoms with van der Waals surface area (Å²) >= 11 is 3.41. The average molecular weight is 361 g/mol. The average Bonchev–Trinajstić information content (AvgIpc) is 2.46. The number of hydrogen-bond donors (Lipinski definition) is 1. The molecule has 112 valence electrons. The molecule has 0 atom stereocenters. The predicted octanol–water partition coefficient (Wildman–Crippen LogP) is 3.16. The molecule has 1 aliphatic rings. The molecule has 1 N–H and O–H groups in total. The van der Waals surface area contributed by atoms with Crippen LogP contribution in [0, 0.1) is 0 Å². The van der Waals surface area contributed by atoms with Crippen LogP contribution in [0.15, 0.2) is 24.3 Å². The summed E-state index contributed by atoms with van der Waals surface area (Å²) in [6.07, 6.45) is 5.01. The fraction of sp³-hybridized carbons (Fsp3) is 0.571. The molecule has 1 saturated heterocycles. The molecule has 0 aliphatic carbocycles. The van der Waals surface area contributed by atoms with Gasteiger partial charge in [-0.15, -0.1) is 0 Å². The van der Waals surface area contributed by atoms with Crippen molar-refractivity contribution in [2.45, 2.75) is 32.1 Å². The van der Waals surface area contributed by atoms with Gasteiger partial charge in [0.2, 0.25) is 0 Å². The molecule has 1 aliphatic heterocycles. The van der Waals surface area contributed by atoms with Crippen molar-refractivity contribution in [3.63, 3.8) is 0 Å². The van der Waals surface area contributed by atoms with Gasteiger partial charge in [0.25, 0.3) is 0 Å². The molecule has 0 unspecified atom stereocenters. The Morgan fingerprint density at radius 1 is 1.20 bits per heavy atom. The Balaban J connectivity index is 2.04. The molecule has 0 amide bonds. The Hall–Kier alpha value is -0.590. The summed E-state index contributed by atoms with van der Waals surface area (Å²) in [5.41, 5.74) is 1.81. The van der Waals surface area contributed by atoms with Crippen molar-refractivity contribution in [1.82, 2.24) is 4.31 Å².